The van der Waals surface area contributed by atoms with Crippen LogP contribution in [0.25, 0.3) is 0 Å². The average Bonchev–Trinajstić information content (AvgIpc) is 3.10. The molecule has 0 unspecified atom stereocenters. The number of benzene rings is 1. The van der Waals surface area contributed by atoms with Gasteiger partial charge in [-0.25, -0.2) is 4.79 Å². The maximum atomic E-state index is 11.9. The van der Waals surface area contributed by atoms with Crippen LogP contribution < -0.4 is 10.6 Å². The highest BCUT2D eigenvalue weighted by Gasteiger charge is 2.07. The number of carbonyl (C=O) groups is 1. The van der Waals surface area contributed by atoms with Gasteiger partial charge in [0.15, 0.2) is 0 Å². The number of thiophene rings is 1. The summed E-state index contributed by atoms with van der Waals surface area (Å²) in [6.45, 7) is 8.43. The van der Waals surface area contributed by atoms with Crippen molar-refractivity contribution in [3.05, 3.63) is 57.8 Å². The van der Waals surface area contributed by atoms with Crippen LogP contribution in [-0.2, 0) is 19.6 Å². The van der Waals surface area contributed by atoms with Gasteiger partial charge in [-0.05, 0) is 35.7 Å². The molecule has 0 fully saturated rings. The van der Waals surface area contributed by atoms with Crippen LogP contribution in [0.1, 0.15) is 29.9 Å². The Balaban J connectivity index is 1.86. The lowest BCUT2D eigenvalue weighted by Gasteiger charge is -2.20. The third-order valence-electron chi connectivity index (χ3n) is 3.85. The van der Waals surface area contributed by atoms with Gasteiger partial charge in [0.25, 0.3) is 0 Å². The molecule has 0 atom stereocenters. The van der Waals surface area contributed by atoms with Crippen LogP contribution in [-0.4, -0.2) is 24.0 Å². The van der Waals surface area contributed by atoms with E-state index in [1.165, 1.54) is 11.1 Å². The Hall–Kier alpha value is -1.85. The van der Waals surface area contributed by atoms with Gasteiger partial charge in [0.2, 0.25) is 0 Å². The van der Waals surface area contributed by atoms with Gasteiger partial charge >= 0.3 is 6.03 Å². The van der Waals surface area contributed by atoms with Crippen molar-refractivity contribution < 1.29 is 4.79 Å². The van der Waals surface area contributed by atoms with E-state index < -0.39 is 0 Å². The molecule has 5 heteroatoms. The maximum Gasteiger partial charge on any atom is 0.315 e. The number of urea groups is 1. The van der Waals surface area contributed by atoms with Crippen molar-refractivity contribution in [1.29, 1.82) is 0 Å². The Morgan fingerprint density at radius 3 is 2.35 bits per heavy atom. The Morgan fingerprint density at radius 1 is 1.00 bits per heavy atom. The summed E-state index contributed by atoms with van der Waals surface area (Å²) in [5.41, 5.74) is 2.44. The largest absolute Gasteiger partial charge is 0.334 e. The van der Waals surface area contributed by atoms with Crippen LogP contribution in [0.5, 0.6) is 0 Å². The van der Waals surface area contributed by atoms with E-state index in [-0.39, 0.29) is 6.03 Å². The fraction of sp³-hybridized carbons (Fsp3) is 0.389. The van der Waals surface area contributed by atoms with Gasteiger partial charge in [-0.15, -0.1) is 11.3 Å². The molecule has 1 heterocycles. The number of nitrogens with zero attached hydrogens (tertiary/aromatic N) is 1. The minimum Gasteiger partial charge on any atom is -0.334 e. The number of nitrogens with one attached hydrogen (secondary N) is 2. The molecule has 0 bridgehead atoms. The zero-order valence-electron chi connectivity index (χ0n) is 13.8. The first kappa shape index (κ1) is 17.5. The number of carbonyl (C=O) groups excluding carboxylic acids is 1. The van der Waals surface area contributed by atoms with Gasteiger partial charge in [0, 0.05) is 18.0 Å². The van der Waals surface area contributed by atoms with Crippen LogP contribution in [0.2, 0.25) is 0 Å². The average molecular weight is 331 g/mol. The van der Waals surface area contributed by atoms with Crippen LogP contribution in [0.15, 0.2) is 41.8 Å². The lowest BCUT2D eigenvalue weighted by atomic mass is 10.1. The fourth-order valence-corrected chi connectivity index (χ4v) is 3.04. The number of hydrogen-bond acceptors (Lipinski definition) is 3. The van der Waals surface area contributed by atoms with Crippen molar-refractivity contribution >= 4 is 17.4 Å². The molecule has 0 saturated carbocycles. The molecule has 0 aliphatic carbocycles. The Kier molecular flexibility index (Phi) is 7.10. The predicted molar refractivity (Wildman–Crippen MR) is 96.5 cm³/mol. The van der Waals surface area contributed by atoms with E-state index in [4.69, 9.17) is 0 Å². The molecular formula is C18H25N3OS. The quantitative estimate of drug-likeness (QED) is 0.776. The maximum absolute atomic E-state index is 11.9. The monoisotopic (exact) mass is 331 g/mol. The van der Waals surface area contributed by atoms with Crippen molar-refractivity contribution in [2.75, 3.05) is 13.1 Å². The molecule has 0 aliphatic heterocycles. The van der Waals surface area contributed by atoms with E-state index in [0.717, 1.165) is 24.5 Å². The number of hydrogen-bond donors (Lipinski definition) is 2. The highest BCUT2D eigenvalue weighted by atomic mass is 32.1. The molecule has 2 rings (SSSR count). The summed E-state index contributed by atoms with van der Waals surface area (Å²) < 4.78 is 0. The zero-order valence-corrected chi connectivity index (χ0v) is 14.7. The molecular weight excluding hydrogens is 306 g/mol. The van der Waals surface area contributed by atoms with Crippen molar-refractivity contribution in [1.82, 2.24) is 15.5 Å². The molecule has 2 amide bonds. The van der Waals surface area contributed by atoms with E-state index in [1.807, 2.05) is 23.6 Å². The van der Waals surface area contributed by atoms with Gasteiger partial charge in [-0.2, -0.15) is 0 Å². The lowest BCUT2D eigenvalue weighted by Crippen LogP contribution is -2.34. The molecule has 0 spiro atoms. The fourth-order valence-electron chi connectivity index (χ4n) is 2.39. The van der Waals surface area contributed by atoms with E-state index in [9.17, 15) is 4.79 Å². The minimum absolute atomic E-state index is 0.129. The van der Waals surface area contributed by atoms with Crippen molar-refractivity contribution in [2.45, 2.75) is 33.5 Å². The summed E-state index contributed by atoms with van der Waals surface area (Å²) in [5.74, 6) is 0. The topological polar surface area (TPSA) is 44.4 Å². The van der Waals surface area contributed by atoms with Crippen molar-refractivity contribution in [3.63, 3.8) is 0 Å². The van der Waals surface area contributed by atoms with Crippen LogP contribution in [0.3, 0.4) is 0 Å². The second kappa shape index (κ2) is 9.33. The summed E-state index contributed by atoms with van der Waals surface area (Å²) in [4.78, 5) is 15.5. The summed E-state index contributed by atoms with van der Waals surface area (Å²) >= 11 is 1.65. The van der Waals surface area contributed by atoms with Gasteiger partial charge in [0.1, 0.15) is 0 Å². The first-order chi connectivity index (χ1) is 11.2. The molecule has 2 aromatic rings. The molecule has 0 aliphatic rings. The molecule has 23 heavy (non-hydrogen) atoms. The molecule has 1 aromatic heterocycles. The second-order valence-corrected chi connectivity index (χ2v) is 6.38. The van der Waals surface area contributed by atoms with Crippen LogP contribution in [0, 0.1) is 0 Å². The zero-order chi connectivity index (χ0) is 16.5. The highest BCUT2D eigenvalue weighted by Crippen LogP contribution is 2.12. The minimum atomic E-state index is -0.129. The Labute approximate surface area is 142 Å². The molecule has 0 saturated heterocycles. The standard InChI is InChI=1S/C18H25N3OS/c1-3-21(4-2)14-16-9-6-5-8-15(16)12-19-18(22)20-13-17-10-7-11-23-17/h5-11H,3-4,12-14H2,1-2H3,(H2,19,20,22). The Bertz CT molecular complexity index is 594. The first-order valence-electron chi connectivity index (χ1n) is 8.06. The number of rotatable bonds is 8. The summed E-state index contributed by atoms with van der Waals surface area (Å²) in [7, 11) is 0. The summed E-state index contributed by atoms with van der Waals surface area (Å²) in [5, 5.41) is 7.85. The van der Waals surface area contributed by atoms with Gasteiger partial charge in [-0.3, -0.25) is 4.90 Å². The summed E-state index contributed by atoms with van der Waals surface area (Å²) in [6.07, 6.45) is 0. The third-order valence-corrected chi connectivity index (χ3v) is 4.73. The third kappa shape index (κ3) is 5.69. The van der Waals surface area contributed by atoms with E-state index in [2.05, 4.69) is 47.6 Å². The Morgan fingerprint density at radius 2 is 1.70 bits per heavy atom. The van der Waals surface area contributed by atoms with Crippen LogP contribution in [0.4, 0.5) is 4.79 Å². The van der Waals surface area contributed by atoms with Crippen LogP contribution >= 0.6 is 11.3 Å². The SMILES string of the molecule is CCN(CC)Cc1ccccc1CNC(=O)NCc1cccs1. The molecule has 124 valence electrons. The molecule has 0 radical (unpaired) electrons. The van der Waals surface area contributed by atoms with Gasteiger partial charge in [-0.1, -0.05) is 44.2 Å². The predicted octanol–water partition coefficient (Wildman–Crippen LogP) is 3.59. The second-order valence-electron chi connectivity index (χ2n) is 5.35. The van der Waals surface area contributed by atoms with E-state index >= 15 is 0 Å². The normalized spacial score (nSPS) is 10.7. The van der Waals surface area contributed by atoms with E-state index in [0.29, 0.717) is 13.1 Å². The van der Waals surface area contributed by atoms with Crippen molar-refractivity contribution in [3.8, 4) is 0 Å². The number of amides is 2. The molecule has 1 aromatic carbocycles. The smallest absolute Gasteiger partial charge is 0.315 e. The van der Waals surface area contributed by atoms with Gasteiger partial charge in [0.05, 0.1) is 6.54 Å². The van der Waals surface area contributed by atoms with Crippen molar-refractivity contribution in [2.24, 2.45) is 0 Å². The molecule has 2 N–H and O–H groups in total. The first-order valence-corrected chi connectivity index (χ1v) is 8.94. The molecule has 4 nitrogen and oxygen atoms in total. The highest BCUT2D eigenvalue weighted by molar-refractivity contribution is 7.09. The van der Waals surface area contributed by atoms with Gasteiger partial charge < -0.3 is 10.6 Å². The summed E-state index contributed by atoms with van der Waals surface area (Å²) in [6, 6.07) is 12.2. The lowest BCUT2D eigenvalue weighted by molar-refractivity contribution is 0.240. The van der Waals surface area contributed by atoms with E-state index in [1.54, 1.807) is 11.3 Å².